The first kappa shape index (κ1) is 14.6. The minimum absolute atomic E-state index is 0.0249. The van der Waals surface area contributed by atoms with Gasteiger partial charge < -0.3 is 10.6 Å². The molecule has 4 heteroatoms. The predicted molar refractivity (Wildman–Crippen MR) is 83.0 cm³/mol. The summed E-state index contributed by atoms with van der Waals surface area (Å²) in [5.41, 5.74) is 8.10. The molecule has 3 nitrogen and oxygen atoms in total. The highest BCUT2D eigenvalue weighted by Gasteiger charge is 2.27. The lowest BCUT2D eigenvalue weighted by molar-refractivity contribution is 0.170. The van der Waals surface area contributed by atoms with Crippen molar-refractivity contribution in [3.05, 3.63) is 28.8 Å². The zero-order chi connectivity index (χ0) is 14.2. The SMILES string of the molecule is CC(N)c1ccc(N2CC(C)N(C)C(C)C2)c(Cl)c1. The van der Waals surface area contributed by atoms with E-state index >= 15 is 0 Å². The lowest BCUT2D eigenvalue weighted by Crippen LogP contribution is -2.55. The maximum Gasteiger partial charge on any atom is 0.0642 e. The minimum Gasteiger partial charge on any atom is -0.367 e. The van der Waals surface area contributed by atoms with E-state index in [2.05, 4.69) is 42.8 Å². The molecule has 1 fully saturated rings. The summed E-state index contributed by atoms with van der Waals surface area (Å²) in [5.74, 6) is 0. The van der Waals surface area contributed by atoms with Gasteiger partial charge in [-0.25, -0.2) is 0 Å². The van der Waals surface area contributed by atoms with Gasteiger partial charge >= 0.3 is 0 Å². The zero-order valence-electron chi connectivity index (χ0n) is 12.2. The van der Waals surface area contributed by atoms with Gasteiger partial charge in [-0.3, -0.25) is 4.90 Å². The molecule has 0 bridgehead atoms. The Bertz CT molecular complexity index is 435. The molecule has 0 aliphatic carbocycles. The van der Waals surface area contributed by atoms with Crippen LogP contribution < -0.4 is 10.6 Å². The van der Waals surface area contributed by atoms with Gasteiger partial charge in [-0.15, -0.1) is 0 Å². The second-order valence-corrected chi connectivity index (χ2v) is 6.18. The fourth-order valence-corrected chi connectivity index (χ4v) is 2.97. The fraction of sp³-hybridized carbons (Fsp3) is 0.600. The van der Waals surface area contributed by atoms with Crippen LogP contribution in [0, 0.1) is 0 Å². The van der Waals surface area contributed by atoms with Crippen molar-refractivity contribution in [2.45, 2.75) is 38.9 Å². The second kappa shape index (κ2) is 5.70. The van der Waals surface area contributed by atoms with Crippen molar-refractivity contribution in [3.63, 3.8) is 0 Å². The third-order valence-corrected chi connectivity index (χ3v) is 4.50. The van der Waals surface area contributed by atoms with Crippen LogP contribution >= 0.6 is 11.6 Å². The number of hydrogen-bond donors (Lipinski definition) is 1. The highest BCUT2D eigenvalue weighted by Crippen LogP contribution is 2.30. The number of anilines is 1. The number of piperazine rings is 1. The van der Waals surface area contributed by atoms with Gasteiger partial charge in [0.15, 0.2) is 0 Å². The molecule has 1 aliphatic heterocycles. The molecule has 2 N–H and O–H groups in total. The Labute approximate surface area is 121 Å². The Morgan fingerprint density at radius 3 is 2.32 bits per heavy atom. The first-order valence-electron chi connectivity index (χ1n) is 6.92. The Hall–Kier alpha value is -0.770. The fourth-order valence-electron chi connectivity index (χ4n) is 2.66. The standard InChI is InChI=1S/C15H24ClN3/c1-10-8-19(9-11(2)18(10)4)15-6-5-13(12(3)17)7-14(15)16/h5-7,10-12H,8-9,17H2,1-4H3. The summed E-state index contributed by atoms with van der Waals surface area (Å²) in [6, 6.07) is 7.28. The van der Waals surface area contributed by atoms with E-state index in [0.29, 0.717) is 12.1 Å². The van der Waals surface area contributed by atoms with Crippen LogP contribution in [0.3, 0.4) is 0 Å². The van der Waals surface area contributed by atoms with Crippen molar-refractivity contribution in [2.24, 2.45) is 5.73 Å². The Morgan fingerprint density at radius 1 is 1.26 bits per heavy atom. The molecule has 3 unspecified atom stereocenters. The molecule has 0 radical (unpaired) electrons. The smallest absolute Gasteiger partial charge is 0.0642 e. The number of benzene rings is 1. The van der Waals surface area contributed by atoms with Crippen LogP contribution in [-0.4, -0.2) is 37.1 Å². The van der Waals surface area contributed by atoms with Crippen molar-refractivity contribution in [1.82, 2.24) is 4.90 Å². The summed E-state index contributed by atoms with van der Waals surface area (Å²) >= 11 is 6.43. The molecule has 3 atom stereocenters. The molecule has 1 aromatic rings. The molecule has 0 amide bonds. The number of halogens is 1. The summed E-state index contributed by atoms with van der Waals surface area (Å²) in [7, 11) is 2.19. The molecule has 106 valence electrons. The van der Waals surface area contributed by atoms with Crippen LogP contribution in [-0.2, 0) is 0 Å². The number of rotatable bonds is 2. The van der Waals surface area contributed by atoms with Gasteiger partial charge in [0.05, 0.1) is 10.7 Å². The van der Waals surface area contributed by atoms with Crippen LogP contribution in [0.2, 0.25) is 5.02 Å². The molecule has 1 heterocycles. The molecule has 0 aromatic heterocycles. The van der Waals surface area contributed by atoms with E-state index in [0.717, 1.165) is 29.4 Å². The van der Waals surface area contributed by atoms with Gasteiger partial charge in [-0.2, -0.15) is 0 Å². The molecule has 0 saturated carbocycles. The molecule has 1 aliphatic rings. The molecule has 1 aromatic carbocycles. The van der Waals surface area contributed by atoms with Crippen LogP contribution in [0.4, 0.5) is 5.69 Å². The Balaban J connectivity index is 2.23. The van der Waals surface area contributed by atoms with Gasteiger partial charge in [0.2, 0.25) is 0 Å². The zero-order valence-corrected chi connectivity index (χ0v) is 13.0. The summed E-state index contributed by atoms with van der Waals surface area (Å²) in [4.78, 5) is 4.80. The lowest BCUT2D eigenvalue weighted by atomic mass is 10.1. The van der Waals surface area contributed by atoms with E-state index in [1.54, 1.807) is 0 Å². The van der Waals surface area contributed by atoms with Crippen LogP contribution in [0.5, 0.6) is 0 Å². The third-order valence-electron chi connectivity index (χ3n) is 4.20. The average Bonchev–Trinajstić information content (AvgIpc) is 2.35. The topological polar surface area (TPSA) is 32.5 Å². The molecular formula is C15H24ClN3. The maximum absolute atomic E-state index is 6.43. The van der Waals surface area contributed by atoms with E-state index in [-0.39, 0.29) is 6.04 Å². The first-order valence-corrected chi connectivity index (χ1v) is 7.30. The van der Waals surface area contributed by atoms with Crippen molar-refractivity contribution >= 4 is 17.3 Å². The van der Waals surface area contributed by atoms with Gasteiger partial charge in [-0.05, 0) is 45.5 Å². The number of nitrogens with zero attached hydrogens (tertiary/aromatic N) is 2. The molecule has 1 saturated heterocycles. The van der Waals surface area contributed by atoms with E-state index in [4.69, 9.17) is 17.3 Å². The summed E-state index contributed by atoms with van der Waals surface area (Å²) < 4.78 is 0. The normalized spacial score (nSPS) is 26.5. The monoisotopic (exact) mass is 281 g/mol. The predicted octanol–water partition coefficient (Wildman–Crippen LogP) is 2.89. The summed E-state index contributed by atoms with van der Waals surface area (Å²) in [6.45, 7) is 8.52. The van der Waals surface area contributed by atoms with Gasteiger partial charge in [0, 0.05) is 31.2 Å². The lowest BCUT2D eigenvalue weighted by Gasteiger charge is -2.43. The average molecular weight is 282 g/mol. The highest BCUT2D eigenvalue weighted by molar-refractivity contribution is 6.33. The van der Waals surface area contributed by atoms with Crippen molar-refractivity contribution in [3.8, 4) is 0 Å². The van der Waals surface area contributed by atoms with Crippen molar-refractivity contribution < 1.29 is 0 Å². The van der Waals surface area contributed by atoms with E-state index in [1.165, 1.54) is 0 Å². The molecular weight excluding hydrogens is 258 g/mol. The van der Waals surface area contributed by atoms with Crippen molar-refractivity contribution in [2.75, 3.05) is 25.0 Å². The Morgan fingerprint density at radius 2 is 1.84 bits per heavy atom. The summed E-state index contributed by atoms with van der Waals surface area (Å²) in [6.07, 6.45) is 0. The van der Waals surface area contributed by atoms with Crippen LogP contribution in [0.15, 0.2) is 18.2 Å². The van der Waals surface area contributed by atoms with Gasteiger partial charge in [-0.1, -0.05) is 17.7 Å². The molecule has 19 heavy (non-hydrogen) atoms. The van der Waals surface area contributed by atoms with Crippen LogP contribution in [0.1, 0.15) is 32.4 Å². The second-order valence-electron chi connectivity index (χ2n) is 5.77. The van der Waals surface area contributed by atoms with E-state index in [1.807, 2.05) is 13.0 Å². The van der Waals surface area contributed by atoms with Gasteiger partial charge in [0.25, 0.3) is 0 Å². The van der Waals surface area contributed by atoms with E-state index < -0.39 is 0 Å². The first-order chi connectivity index (χ1) is 8.90. The van der Waals surface area contributed by atoms with Crippen molar-refractivity contribution in [1.29, 1.82) is 0 Å². The molecule has 2 rings (SSSR count). The third kappa shape index (κ3) is 3.04. The number of likely N-dealkylation sites (N-methyl/N-ethyl adjacent to an activating group) is 1. The quantitative estimate of drug-likeness (QED) is 0.905. The number of nitrogens with two attached hydrogens (primary N) is 1. The summed E-state index contributed by atoms with van der Waals surface area (Å²) in [5, 5.41) is 0.804. The Kier molecular flexibility index (Phi) is 4.39. The largest absolute Gasteiger partial charge is 0.367 e. The maximum atomic E-state index is 6.43. The molecule has 0 spiro atoms. The van der Waals surface area contributed by atoms with E-state index in [9.17, 15) is 0 Å². The highest BCUT2D eigenvalue weighted by atomic mass is 35.5. The number of hydrogen-bond acceptors (Lipinski definition) is 3. The minimum atomic E-state index is 0.0249. The van der Waals surface area contributed by atoms with Crippen LogP contribution in [0.25, 0.3) is 0 Å². The van der Waals surface area contributed by atoms with Gasteiger partial charge in [0.1, 0.15) is 0 Å².